The van der Waals surface area contributed by atoms with Gasteiger partial charge in [0.25, 0.3) is 5.91 Å². The van der Waals surface area contributed by atoms with Gasteiger partial charge in [-0.25, -0.2) is 14.4 Å². The lowest BCUT2D eigenvalue weighted by Crippen LogP contribution is -2.29. The Morgan fingerprint density at radius 3 is 2.65 bits per heavy atom. The maximum atomic E-state index is 13.6. The van der Waals surface area contributed by atoms with E-state index in [4.69, 9.17) is 4.74 Å². The first kappa shape index (κ1) is 25.6. The summed E-state index contributed by atoms with van der Waals surface area (Å²) in [4.78, 5) is 28.5. The van der Waals surface area contributed by atoms with Gasteiger partial charge in [0, 0.05) is 55.1 Å². The fourth-order valence-corrected chi connectivity index (χ4v) is 3.88. The van der Waals surface area contributed by atoms with E-state index in [1.165, 1.54) is 0 Å². The first-order valence-electron chi connectivity index (χ1n) is 11.7. The van der Waals surface area contributed by atoms with Crippen molar-refractivity contribution in [1.29, 1.82) is 0 Å². The topological polar surface area (TPSA) is 98.4 Å². The Hall–Kier alpha value is -4.44. The number of carbonyl (C=O) groups is 1. The molecule has 4 rings (SSSR count). The number of halogens is 1. The van der Waals surface area contributed by atoms with E-state index in [0.29, 0.717) is 35.3 Å². The molecule has 10 heteroatoms. The molecule has 0 bridgehead atoms. The minimum Gasteiger partial charge on any atom is -0.494 e. The van der Waals surface area contributed by atoms with Crippen LogP contribution in [0.1, 0.15) is 0 Å². The lowest BCUT2D eigenvalue weighted by molar-refractivity contribution is -0.114. The minimum atomic E-state index is -1.08. The van der Waals surface area contributed by atoms with Gasteiger partial charge < -0.3 is 30.2 Å². The number of anilines is 4. The largest absolute Gasteiger partial charge is 0.494 e. The van der Waals surface area contributed by atoms with Crippen LogP contribution in [0.15, 0.2) is 67.3 Å². The molecule has 0 unspecified atom stereocenters. The third kappa shape index (κ3) is 5.87. The van der Waals surface area contributed by atoms with E-state index in [-0.39, 0.29) is 0 Å². The molecule has 37 heavy (non-hydrogen) atoms. The van der Waals surface area contributed by atoms with E-state index in [0.717, 1.165) is 28.7 Å². The summed E-state index contributed by atoms with van der Waals surface area (Å²) < 4.78 is 19.2. The normalized spacial score (nSPS) is 11.0. The van der Waals surface area contributed by atoms with Crippen molar-refractivity contribution in [3.8, 4) is 17.0 Å². The number of benzene rings is 2. The number of aromatic amines is 1. The zero-order valence-corrected chi connectivity index (χ0v) is 21.3. The van der Waals surface area contributed by atoms with Crippen LogP contribution in [0.5, 0.6) is 5.75 Å². The number of H-pyrrole nitrogens is 1. The van der Waals surface area contributed by atoms with Crippen molar-refractivity contribution in [3.63, 3.8) is 0 Å². The summed E-state index contributed by atoms with van der Waals surface area (Å²) in [5.41, 5.74) is 4.24. The van der Waals surface area contributed by atoms with Gasteiger partial charge in [-0.3, -0.25) is 4.79 Å². The van der Waals surface area contributed by atoms with E-state index in [2.05, 4.69) is 32.2 Å². The zero-order chi connectivity index (χ0) is 26.5. The predicted octanol–water partition coefficient (Wildman–Crippen LogP) is 4.80. The molecule has 0 aliphatic rings. The lowest BCUT2D eigenvalue weighted by Gasteiger charge is -2.26. The van der Waals surface area contributed by atoms with E-state index in [1.54, 1.807) is 25.4 Å². The number of ether oxygens (including phenoxy) is 1. The van der Waals surface area contributed by atoms with Crippen LogP contribution in [0.3, 0.4) is 0 Å². The monoisotopic (exact) mass is 503 g/mol. The summed E-state index contributed by atoms with van der Waals surface area (Å²) in [7, 11) is 7.39. The van der Waals surface area contributed by atoms with Gasteiger partial charge in [-0.2, -0.15) is 0 Å². The quantitative estimate of drug-likeness (QED) is 0.268. The molecule has 2 aromatic heterocycles. The summed E-state index contributed by atoms with van der Waals surface area (Å²) in [5.74, 6) is -1.16. The third-order valence-corrected chi connectivity index (χ3v) is 5.87. The molecule has 0 radical (unpaired) electrons. The van der Waals surface area contributed by atoms with Crippen molar-refractivity contribution in [3.05, 3.63) is 67.3 Å². The Kier molecular flexibility index (Phi) is 7.69. The van der Waals surface area contributed by atoms with Crippen LogP contribution < -0.4 is 20.3 Å². The number of fused-ring (bicyclic) bond motifs is 1. The molecule has 0 saturated heterocycles. The second kappa shape index (κ2) is 11.1. The van der Waals surface area contributed by atoms with Crippen molar-refractivity contribution in [2.75, 3.05) is 56.9 Å². The van der Waals surface area contributed by atoms with Crippen LogP contribution in [-0.2, 0) is 4.79 Å². The maximum absolute atomic E-state index is 13.6. The Morgan fingerprint density at radius 2 is 1.92 bits per heavy atom. The number of para-hydroxylation sites is 1. The van der Waals surface area contributed by atoms with Gasteiger partial charge >= 0.3 is 0 Å². The molecule has 2 heterocycles. The average Bonchev–Trinajstić information content (AvgIpc) is 3.32. The van der Waals surface area contributed by atoms with Gasteiger partial charge in [0.05, 0.1) is 29.9 Å². The molecular formula is C27H30FN7O2. The van der Waals surface area contributed by atoms with Crippen LogP contribution in [0.25, 0.3) is 22.2 Å². The van der Waals surface area contributed by atoms with Crippen molar-refractivity contribution in [2.45, 2.75) is 0 Å². The van der Waals surface area contributed by atoms with Crippen molar-refractivity contribution in [1.82, 2.24) is 19.9 Å². The summed E-state index contributed by atoms with van der Waals surface area (Å²) >= 11 is 0. The second-order valence-electron chi connectivity index (χ2n) is 8.79. The van der Waals surface area contributed by atoms with Gasteiger partial charge in [-0.1, -0.05) is 24.8 Å². The number of hydrogen-bond acceptors (Lipinski definition) is 7. The van der Waals surface area contributed by atoms with Crippen molar-refractivity contribution < 1.29 is 13.9 Å². The fourth-order valence-electron chi connectivity index (χ4n) is 3.88. The molecule has 0 aliphatic carbocycles. The van der Waals surface area contributed by atoms with Crippen LogP contribution in [0.2, 0.25) is 0 Å². The summed E-state index contributed by atoms with van der Waals surface area (Å²) in [6.07, 6.45) is 3.57. The standard InChI is InChI=1S/C27H30FN7O2/c1-17(28)26(36)31-22-14-23(25(37-5)15-24(22)35(4)13-12-34(2)3)33-27-29-11-10-21(32-27)19-16-30-20-9-7-6-8-18(19)20/h6-11,14-16,30H,1,12-13H2,2-5H3,(H,31,36)(H,29,32,33). The number of carbonyl (C=O) groups excluding carboxylic acids is 1. The van der Waals surface area contributed by atoms with Crippen LogP contribution in [-0.4, -0.2) is 67.1 Å². The molecule has 4 aromatic rings. The first-order valence-corrected chi connectivity index (χ1v) is 11.7. The van der Waals surface area contributed by atoms with Crippen molar-refractivity contribution >= 4 is 39.8 Å². The van der Waals surface area contributed by atoms with Gasteiger partial charge in [0.2, 0.25) is 5.95 Å². The summed E-state index contributed by atoms with van der Waals surface area (Å²) in [6.45, 7) is 4.54. The molecule has 0 spiro atoms. The molecule has 9 nitrogen and oxygen atoms in total. The number of likely N-dealkylation sites (N-methyl/N-ethyl adjacent to an activating group) is 2. The molecule has 2 aromatic carbocycles. The number of amides is 1. The Morgan fingerprint density at radius 1 is 1.14 bits per heavy atom. The Bertz CT molecular complexity index is 1430. The molecular weight excluding hydrogens is 473 g/mol. The van der Waals surface area contributed by atoms with Gasteiger partial charge in [0.15, 0.2) is 5.83 Å². The molecule has 0 aliphatic heterocycles. The van der Waals surface area contributed by atoms with Gasteiger partial charge in [-0.05, 0) is 32.3 Å². The number of nitrogens with zero attached hydrogens (tertiary/aromatic N) is 4. The van der Waals surface area contributed by atoms with E-state index in [1.807, 2.05) is 67.5 Å². The first-order chi connectivity index (χ1) is 17.8. The SMILES string of the molecule is C=C(F)C(=O)Nc1cc(Nc2nccc(-c3c[nH]c4ccccc34)n2)c(OC)cc1N(C)CCN(C)C. The Labute approximate surface area is 215 Å². The highest BCUT2D eigenvalue weighted by Crippen LogP contribution is 2.38. The second-order valence-corrected chi connectivity index (χ2v) is 8.79. The smallest absolute Gasteiger partial charge is 0.283 e. The average molecular weight is 504 g/mol. The van der Waals surface area contributed by atoms with Crippen molar-refractivity contribution in [2.24, 2.45) is 0 Å². The number of hydrogen-bond donors (Lipinski definition) is 3. The fraction of sp³-hybridized carbons (Fsp3) is 0.222. The molecule has 0 saturated carbocycles. The molecule has 0 fully saturated rings. The Balaban J connectivity index is 1.70. The van der Waals surface area contributed by atoms with Crippen LogP contribution >= 0.6 is 0 Å². The molecule has 1 amide bonds. The summed E-state index contributed by atoms with van der Waals surface area (Å²) in [6, 6.07) is 13.3. The summed E-state index contributed by atoms with van der Waals surface area (Å²) in [5, 5.41) is 6.83. The lowest BCUT2D eigenvalue weighted by atomic mass is 10.1. The van der Waals surface area contributed by atoms with Gasteiger partial charge in [-0.15, -0.1) is 0 Å². The highest BCUT2D eigenvalue weighted by Gasteiger charge is 2.18. The number of methoxy groups -OCH3 is 1. The van der Waals surface area contributed by atoms with Gasteiger partial charge in [0.1, 0.15) is 5.75 Å². The van der Waals surface area contributed by atoms with Crippen LogP contribution in [0, 0.1) is 0 Å². The zero-order valence-electron chi connectivity index (χ0n) is 21.3. The van der Waals surface area contributed by atoms with E-state index in [9.17, 15) is 9.18 Å². The van der Waals surface area contributed by atoms with E-state index < -0.39 is 11.7 Å². The highest BCUT2D eigenvalue weighted by molar-refractivity contribution is 6.04. The maximum Gasteiger partial charge on any atom is 0.283 e. The minimum absolute atomic E-state index is 0.335. The third-order valence-electron chi connectivity index (χ3n) is 5.87. The predicted molar refractivity (Wildman–Crippen MR) is 146 cm³/mol. The van der Waals surface area contributed by atoms with E-state index >= 15 is 0 Å². The highest BCUT2D eigenvalue weighted by atomic mass is 19.1. The number of aromatic nitrogens is 3. The molecule has 0 atom stereocenters. The number of nitrogens with one attached hydrogen (secondary N) is 3. The molecule has 3 N–H and O–H groups in total. The van der Waals surface area contributed by atoms with Crippen LogP contribution in [0.4, 0.5) is 27.4 Å². The molecule has 192 valence electrons. The number of rotatable bonds is 10.